The van der Waals surface area contributed by atoms with Crippen LogP contribution in [-0.2, 0) is 6.54 Å². The molecular formula is C13H12ClN3O4. The van der Waals surface area contributed by atoms with Crippen molar-refractivity contribution >= 4 is 23.7 Å². The molecule has 1 heterocycles. The van der Waals surface area contributed by atoms with Gasteiger partial charge in [0.15, 0.2) is 5.02 Å². The van der Waals surface area contributed by atoms with E-state index >= 15 is 0 Å². The largest absolute Gasteiger partial charge is 0.496 e. The van der Waals surface area contributed by atoms with Gasteiger partial charge in [0.25, 0.3) is 0 Å². The third kappa shape index (κ3) is 2.87. The van der Waals surface area contributed by atoms with E-state index in [2.05, 4.69) is 5.10 Å². The lowest BCUT2D eigenvalue weighted by Crippen LogP contribution is -2.06. The number of ether oxygens (including phenoxy) is 1. The zero-order chi connectivity index (χ0) is 15.6. The van der Waals surface area contributed by atoms with E-state index in [1.165, 1.54) is 11.8 Å². The first kappa shape index (κ1) is 15.0. The van der Waals surface area contributed by atoms with Gasteiger partial charge in [0.1, 0.15) is 12.0 Å². The third-order valence-electron chi connectivity index (χ3n) is 3.05. The summed E-state index contributed by atoms with van der Waals surface area (Å²) in [6.45, 7) is 1.85. The molecule has 0 fully saturated rings. The van der Waals surface area contributed by atoms with Crippen molar-refractivity contribution in [3.8, 4) is 5.75 Å². The fraction of sp³-hybridized carbons (Fsp3) is 0.231. The Hall–Kier alpha value is -2.41. The lowest BCUT2D eigenvalue weighted by molar-refractivity contribution is -0.389. The maximum atomic E-state index is 10.9. The van der Waals surface area contributed by atoms with Gasteiger partial charge in [-0.15, -0.1) is 0 Å². The minimum absolute atomic E-state index is 0.00510. The number of aromatic nitrogens is 2. The Kier molecular flexibility index (Phi) is 4.23. The lowest BCUT2D eigenvalue weighted by Gasteiger charge is -2.08. The van der Waals surface area contributed by atoms with E-state index in [0.29, 0.717) is 28.9 Å². The van der Waals surface area contributed by atoms with E-state index < -0.39 is 4.92 Å². The molecule has 7 nitrogen and oxygen atoms in total. The second kappa shape index (κ2) is 5.92. The van der Waals surface area contributed by atoms with E-state index in [4.69, 9.17) is 16.3 Å². The molecular weight excluding hydrogens is 298 g/mol. The molecule has 1 aromatic carbocycles. The van der Waals surface area contributed by atoms with E-state index in [1.54, 1.807) is 25.1 Å². The van der Waals surface area contributed by atoms with Crippen molar-refractivity contribution in [3.05, 3.63) is 50.2 Å². The molecule has 0 radical (unpaired) electrons. The summed E-state index contributed by atoms with van der Waals surface area (Å²) in [5, 5.41) is 14.7. The van der Waals surface area contributed by atoms with E-state index in [0.717, 1.165) is 0 Å². The second-order valence-electron chi connectivity index (χ2n) is 4.33. The summed E-state index contributed by atoms with van der Waals surface area (Å²) < 4.78 is 6.63. The maximum Gasteiger partial charge on any atom is 0.408 e. The predicted octanol–water partition coefficient (Wildman–Crippen LogP) is 2.62. The van der Waals surface area contributed by atoms with E-state index in [-0.39, 0.29) is 17.4 Å². The zero-order valence-corrected chi connectivity index (χ0v) is 12.1. The number of nitro groups is 1. The first-order valence-electron chi connectivity index (χ1n) is 5.97. The summed E-state index contributed by atoms with van der Waals surface area (Å²) >= 11 is 5.89. The first-order valence-corrected chi connectivity index (χ1v) is 6.35. The Morgan fingerprint density at radius 2 is 2.24 bits per heavy atom. The van der Waals surface area contributed by atoms with Crippen LogP contribution in [0.15, 0.2) is 18.2 Å². The summed E-state index contributed by atoms with van der Waals surface area (Å²) in [6.07, 6.45) is 0.717. The van der Waals surface area contributed by atoms with Crippen LogP contribution in [0, 0.1) is 17.0 Å². The number of hydrogen-bond donors (Lipinski definition) is 0. The summed E-state index contributed by atoms with van der Waals surface area (Å²) in [6, 6.07) is 4.93. The minimum Gasteiger partial charge on any atom is -0.496 e. The fourth-order valence-electron chi connectivity index (χ4n) is 1.94. The van der Waals surface area contributed by atoms with Crippen LogP contribution in [0.25, 0.3) is 0 Å². The highest BCUT2D eigenvalue weighted by molar-refractivity contribution is 6.33. The lowest BCUT2D eigenvalue weighted by atomic mass is 10.1. The minimum atomic E-state index is -0.634. The number of benzene rings is 1. The maximum absolute atomic E-state index is 10.9. The van der Waals surface area contributed by atoms with Crippen LogP contribution in [0.2, 0.25) is 5.02 Å². The smallest absolute Gasteiger partial charge is 0.408 e. The quantitative estimate of drug-likeness (QED) is 0.481. The van der Waals surface area contributed by atoms with Gasteiger partial charge in [-0.3, -0.25) is 4.79 Å². The van der Waals surface area contributed by atoms with Gasteiger partial charge in [-0.1, -0.05) is 11.6 Å². The number of aldehydes is 1. The van der Waals surface area contributed by atoms with Crippen LogP contribution in [0.3, 0.4) is 0 Å². The molecule has 110 valence electrons. The summed E-state index contributed by atoms with van der Waals surface area (Å²) in [5.41, 5.74) is 1.64. The number of carbonyl (C=O) groups excluding carboxylic acids is 1. The Bertz CT molecular complexity index is 712. The Labute approximate surface area is 125 Å². The molecule has 21 heavy (non-hydrogen) atoms. The van der Waals surface area contributed by atoms with Gasteiger partial charge >= 0.3 is 5.82 Å². The Balaban J connectivity index is 2.44. The molecule has 0 spiro atoms. The van der Waals surface area contributed by atoms with Gasteiger partial charge in [-0.25, -0.2) is 0 Å². The molecule has 1 aromatic heterocycles. The topological polar surface area (TPSA) is 87.3 Å². The first-order chi connectivity index (χ1) is 9.97. The fourth-order valence-corrected chi connectivity index (χ4v) is 2.14. The number of nitrogens with zero attached hydrogens (tertiary/aromatic N) is 3. The van der Waals surface area contributed by atoms with E-state index in [1.807, 2.05) is 0 Å². The molecule has 8 heteroatoms. The second-order valence-corrected chi connectivity index (χ2v) is 4.70. The number of methoxy groups -OCH3 is 1. The number of hydrogen-bond acceptors (Lipinski definition) is 5. The Morgan fingerprint density at radius 1 is 1.52 bits per heavy atom. The van der Waals surface area contributed by atoms with Crippen LogP contribution >= 0.6 is 11.6 Å². The summed E-state index contributed by atoms with van der Waals surface area (Å²) in [5.74, 6) is 0.175. The monoisotopic (exact) mass is 309 g/mol. The molecule has 0 N–H and O–H groups in total. The number of carbonyl (C=O) groups is 1. The van der Waals surface area contributed by atoms with Gasteiger partial charge in [-0.05, 0) is 30.0 Å². The molecule has 0 saturated heterocycles. The van der Waals surface area contributed by atoms with Crippen LogP contribution in [0.5, 0.6) is 5.75 Å². The molecule has 0 atom stereocenters. The van der Waals surface area contributed by atoms with Crippen LogP contribution in [-0.4, -0.2) is 28.1 Å². The van der Waals surface area contributed by atoms with Gasteiger partial charge in [-0.2, -0.15) is 4.68 Å². The van der Waals surface area contributed by atoms with Crippen molar-refractivity contribution in [1.82, 2.24) is 9.78 Å². The highest BCUT2D eigenvalue weighted by Crippen LogP contribution is 2.28. The van der Waals surface area contributed by atoms with Crippen molar-refractivity contribution in [2.24, 2.45) is 0 Å². The third-order valence-corrected chi connectivity index (χ3v) is 3.49. The summed E-state index contributed by atoms with van der Waals surface area (Å²) in [4.78, 5) is 21.1. The van der Waals surface area contributed by atoms with Crippen LogP contribution in [0.4, 0.5) is 5.82 Å². The molecule has 0 saturated carbocycles. The molecule has 0 aliphatic rings. The number of rotatable bonds is 5. The molecule has 0 amide bonds. The highest BCUT2D eigenvalue weighted by Gasteiger charge is 2.24. The van der Waals surface area contributed by atoms with Crippen molar-refractivity contribution < 1.29 is 14.5 Å². The van der Waals surface area contributed by atoms with Crippen molar-refractivity contribution in [2.75, 3.05) is 7.11 Å². The van der Waals surface area contributed by atoms with Gasteiger partial charge in [0.2, 0.25) is 0 Å². The van der Waals surface area contributed by atoms with Crippen molar-refractivity contribution in [1.29, 1.82) is 0 Å². The van der Waals surface area contributed by atoms with Crippen molar-refractivity contribution in [2.45, 2.75) is 13.5 Å². The van der Waals surface area contributed by atoms with Crippen molar-refractivity contribution in [3.63, 3.8) is 0 Å². The molecule has 2 rings (SSSR count). The molecule has 0 unspecified atom stereocenters. The standard InChI is InChI=1S/C13H12ClN3O4/c1-8-12(14)13(17(19)20)15-16(8)6-10-5-9(7-18)3-4-11(10)21-2/h3-5,7H,6H2,1-2H3. The Morgan fingerprint density at radius 3 is 2.76 bits per heavy atom. The number of halogens is 1. The summed E-state index contributed by atoms with van der Waals surface area (Å²) in [7, 11) is 1.50. The average molecular weight is 310 g/mol. The van der Waals surface area contributed by atoms with Crippen LogP contribution < -0.4 is 4.74 Å². The predicted molar refractivity (Wildman–Crippen MR) is 76.1 cm³/mol. The molecule has 0 aliphatic carbocycles. The molecule has 0 bridgehead atoms. The average Bonchev–Trinajstić information content (AvgIpc) is 2.75. The van der Waals surface area contributed by atoms with Gasteiger partial charge in [0.05, 0.1) is 24.4 Å². The highest BCUT2D eigenvalue weighted by atomic mass is 35.5. The van der Waals surface area contributed by atoms with E-state index in [9.17, 15) is 14.9 Å². The normalized spacial score (nSPS) is 10.4. The SMILES string of the molecule is COc1ccc(C=O)cc1Cn1nc([N+](=O)[O-])c(Cl)c1C. The zero-order valence-electron chi connectivity index (χ0n) is 11.4. The van der Waals surface area contributed by atoms with Gasteiger partial charge in [0, 0.05) is 11.1 Å². The van der Waals surface area contributed by atoms with Gasteiger partial charge < -0.3 is 14.9 Å². The van der Waals surface area contributed by atoms with Crippen LogP contribution in [0.1, 0.15) is 21.6 Å². The molecule has 0 aliphatic heterocycles. The molecule has 2 aromatic rings.